The van der Waals surface area contributed by atoms with Crippen molar-refractivity contribution < 1.29 is 4.39 Å². The highest BCUT2D eigenvalue weighted by Crippen LogP contribution is 2.15. The predicted molar refractivity (Wildman–Crippen MR) is 67.5 cm³/mol. The van der Waals surface area contributed by atoms with Gasteiger partial charge in [0.05, 0.1) is 5.69 Å². The minimum Gasteiger partial charge on any atom is -0.364 e. The highest BCUT2D eigenvalue weighted by atomic mass is 32.2. The average Bonchev–Trinajstić information content (AvgIpc) is 2.29. The second-order valence-electron chi connectivity index (χ2n) is 3.54. The molecule has 1 unspecified atom stereocenters. The molecule has 5 heteroatoms. The molecule has 16 heavy (non-hydrogen) atoms. The Morgan fingerprint density at radius 2 is 2.19 bits per heavy atom. The lowest BCUT2D eigenvalue weighted by molar-refractivity contribution is 0.594. The Kier molecular flexibility index (Phi) is 5.52. The molecule has 1 atom stereocenters. The van der Waals surface area contributed by atoms with Crippen LogP contribution in [-0.4, -0.2) is 27.5 Å². The van der Waals surface area contributed by atoms with E-state index >= 15 is 0 Å². The molecule has 1 rings (SSSR count). The van der Waals surface area contributed by atoms with Crippen LogP contribution in [0.4, 0.5) is 10.2 Å². The quantitative estimate of drug-likeness (QED) is 0.833. The fraction of sp³-hybridized carbons (Fsp3) is 0.636. The van der Waals surface area contributed by atoms with Crippen LogP contribution in [0.1, 0.15) is 26.5 Å². The van der Waals surface area contributed by atoms with E-state index in [1.807, 2.05) is 25.6 Å². The van der Waals surface area contributed by atoms with Gasteiger partial charge in [0.2, 0.25) is 0 Å². The summed E-state index contributed by atoms with van der Waals surface area (Å²) in [5.74, 6) is 2.01. The summed E-state index contributed by atoms with van der Waals surface area (Å²) in [6.45, 7) is 6.01. The first-order valence-electron chi connectivity index (χ1n) is 5.52. The second-order valence-corrected chi connectivity index (χ2v) is 4.86. The molecular weight excluding hydrogens is 225 g/mol. The topological polar surface area (TPSA) is 37.8 Å². The molecule has 0 saturated heterocycles. The van der Waals surface area contributed by atoms with Crippen LogP contribution in [-0.2, 0) is 6.42 Å². The Balaban J connectivity index is 2.66. The molecule has 0 aliphatic rings. The normalized spacial score (nSPS) is 12.5. The summed E-state index contributed by atoms with van der Waals surface area (Å²) < 4.78 is 13.8. The molecule has 1 heterocycles. The van der Waals surface area contributed by atoms with Gasteiger partial charge in [-0.1, -0.05) is 13.8 Å². The van der Waals surface area contributed by atoms with Crippen molar-refractivity contribution in [2.75, 3.05) is 16.8 Å². The van der Waals surface area contributed by atoms with Crippen LogP contribution in [0.15, 0.2) is 6.33 Å². The minimum atomic E-state index is -0.321. The van der Waals surface area contributed by atoms with E-state index in [0.29, 0.717) is 17.9 Å². The fourth-order valence-corrected chi connectivity index (χ4v) is 2.00. The summed E-state index contributed by atoms with van der Waals surface area (Å²) in [5.41, 5.74) is 0.466. The first kappa shape index (κ1) is 13.2. The number of aromatic nitrogens is 2. The second kappa shape index (κ2) is 6.68. The number of hydrogen-bond acceptors (Lipinski definition) is 4. The van der Waals surface area contributed by atoms with Gasteiger partial charge in [-0.2, -0.15) is 11.8 Å². The zero-order valence-electron chi connectivity index (χ0n) is 9.96. The smallest absolute Gasteiger partial charge is 0.186 e. The highest BCUT2D eigenvalue weighted by molar-refractivity contribution is 7.99. The van der Waals surface area contributed by atoms with Crippen LogP contribution < -0.4 is 5.32 Å². The number of hydrogen-bond donors (Lipinski definition) is 1. The van der Waals surface area contributed by atoms with Crippen LogP contribution in [0.3, 0.4) is 0 Å². The van der Waals surface area contributed by atoms with Crippen LogP contribution in [0.25, 0.3) is 0 Å². The van der Waals surface area contributed by atoms with E-state index in [-0.39, 0.29) is 11.9 Å². The summed E-state index contributed by atoms with van der Waals surface area (Å²) in [4.78, 5) is 7.82. The van der Waals surface area contributed by atoms with Crippen molar-refractivity contribution in [3.05, 3.63) is 17.8 Å². The van der Waals surface area contributed by atoms with Gasteiger partial charge in [0, 0.05) is 11.8 Å². The van der Waals surface area contributed by atoms with Gasteiger partial charge in [-0.05, 0) is 19.1 Å². The van der Waals surface area contributed by atoms with Crippen molar-refractivity contribution in [1.29, 1.82) is 0 Å². The first-order valence-corrected chi connectivity index (χ1v) is 6.68. The largest absolute Gasteiger partial charge is 0.364 e. The monoisotopic (exact) mass is 243 g/mol. The first-order chi connectivity index (χ1) is 7.69. The molecule has 1 N–H and O–H groups in total. The molecule has 0 saturated carbocycles. The number of nitrogens with one attached hydrogen (secondary N) is 1. The molecule has 0 aliphatic heterocycles. The predicted octanol–water partition coefficient (Wildman–Crippen LogP) is 2.73. The van der Waals surface area contributed by atoms with E-state index in [0.717, 1.165) is 11.5 Å². The molecule has 0 fully saturated rings. The maximum absolute atomic E-state index is 13.8. The minimum absolute atomic E-state index is 0.207. The van der Waals surface area contributed by atoms with Crippen LogP contribution in [0, 0.1) is 5.82 Å². The van der Waals surface area contributed by atoms with Gasteiger partial charge in [-0.3, -0.25) is 0 Å². The Labute approximate surface area is 100 Å². The van der Waals surface area contributed by atoms with Gasteiger partial charge in [0.1, 0.15) is 6.33 Å². The highest BCUT2D eigenvalue weighted by Gasteiger charge is 2.11. The molecular formula is C11H18FN3S. The fourth-order valence-electron chi connectivity index (χ4n) is 1.32. The molecule has 90 valence electrons. The lowest BCUT2D eigenvalue weighted by Crippen LogP contribution is -2.20. The van der Waals surface area contributed by atoms with Crippen molar-refractivity contribution >= 4 is 17.6 Å². The lowest BCUT2D eigenvalue weighted by Gasteiger charge is -2.14. The average molecular weight is 243 g/mol. The summed E-state index contributed by atoms with van der Waals surface area (Å²) in [5, 5.41) is 3.07. The molecule has 0 aliphatic carbocycles. The third-order valence-electron chi connectivity index (χ3n) is 2.15. The lowest BCUT2D eigenvalue weighted by atomic mass is 10.3. The van der Waals surface area contributed by atoms with E-state index in [9.17, 15) is 4.39 Å². The van der Waals surface area contributed by atoms with Crippen LogP contribution >= 0.6 is 11.8 Å². The molecule has 0 amide bonds. The molecule has 3 nitrogen and oxygen atoms in total. The van der Waals surface area contributed by atoms with Gasteiger partial charge in [-0.15, -0.1) is 0 Å². The number of thioether (sulfide) groups is 1. The van der Waals surface area contributed by atoms with Crippen molar-refractivity contribution in [2.45, 2.75) is 33.2 Å². The van der Waals surface area contributed by atoms with Gasteiger partial charge >= 0.3 is 0 Å². The number of anilines is 1. The third-order valence-corrected chi connectivity index (χ3v) is 3.30. The van der Waals surface area contributed by atoms with E-state index in [2.05, 4.69) is 22.2 Å². The van der Waals surface area contributed by atoms with Crippen molar-refractivity contribution in [1.82, 2.24) is 9.97 Å². The number of aryl methyl sites for hydroxylation is 1. The standard InChI is InChI=1S/C11H18FN3S/c1-4-9-10(12)11(14-7-13-9)15-8(3)6-16-5-2/h7-8H,4-6H2,1-3H3,(H,13,14,15). The summed E-state index contributed by atoms with van der Waals surface area (Å²) in [7, 11) is 0. The summed E-state index contributed by atoms with van der Waals surface area (Å²) in [6, 6.07) is 0.207. The van der Waals surface area contributed by atoms with Crippen LogP contribution in [0.5, 0.6) is 0 Å². The summed E-state index contributed by atoms with van der Waals surface area (Å²) in [6.07, 6.45) is 1.99. The summed E-state index contributed by atoms with van der Waals surface area (Å²) >= 11 is 1.82. The zero-order valence-corrected chi connectivity index (χ0v) is 10.8. The van der Waals surface area contributed by atoms with Gasteiger partial charge in [-0.25, -0.2) is 14.4 Å². The van der Waals surface area contributed by atoms with Gasteiger partial charge in [0.15, 0.2) is 11.6 Å². The van der Waals surface area contributed by atoms with Crippen LogP contribution in [0.2, 0.25) is 0 Å². The Bertz CT molecular complexity index is 333. The van der Waals surface area contributed by atoms with E-state index < -0.39 is 0 Å². The van der Waals surface area contributed by atoms with E-state index in [4.69, 9.17) is 0 Å². The zero-order chi connectivity index (χ0) is 12.0. The van der Waals surface area contributed by atoms with Crippen molar-refractivity contribution in [3.8, 4) is 0 Å². The molecule has 0 spiro atoms. The molecule has 0 aromatic carbocycles. The Morgan fingerprint density at radius 1 is 1.44 bits per heavy atom. The maximum Gasteiger partial charge on any atom is 0.186 e. The van der Waals surface area contributed by atoms with E-state index in [1.54, 1.807) is 0 Å². The third kappa shape index (κ3) is 3.63. The Morgan fingerprint density at radius 3 is 2.81 bits per heavy atom. The molecule has 0 radical (unpaired) electrons. The number of nitrogens with zero attached hydrogens (tertiary/aromatic N) is 2. The molecule has 1 aromatic heterocycles. The molecule has 0 bridgehead atoms. The number of rotatable bonds is 6. The van der Waals surface area contributed by atoms with Crippen molar-refractivity contribution in [2.24, 2.45) is 0 Å². The van der Waals surface area contributed by atoms with Crippen molar-refractivity contribution in [3.63, 3.8) is 0 Å². The maximum atomic E-state index is 13.8. The van der Waals surface area contributed by atoms with Gasteiger partial charge in [0.25, 0.3) is 0 Å². The number of halogens is 1. The SMILES string of the molecule is CCSCC(C)Nc1ncnc(CC)c1F. The Hall–Kier alpha value is -0.840. The molecule has 1 aromatic rings. The van der Waals surface area contributed by atoms with Gasteiger partial charge < -0.3 is 5.32 Å². The van der Waals surface area contributed by atoms with E-state index in [1.165, 1.54) is 6.33 Å².